The van der Waals surface area contributed by atoms with E-state index in [1.165, 1.54) is 11.1 Å². The van der Waals surface area contributed by atoms with Gasteiger partial charge in [0.1, 0.15) is 22.8 Å². The van der Waals surface area contributed by atoms with Crippen molar-refractivity contribution in [1.82, 2.24) is 19.1 Å². The molecule has 2 fully saturated rings. The molecule has 0 radical (unpaired) electrons. The van der Waals surface area contributed by atoms with E-state index in [0.29, 0.717) is 30.1 Å². The topological polar surface area (TPSA) is 144 Å². The number of halogens is 1. The first-order valence-electron chi connectivity index (χ1n) is 22.3. The van der Waals surface area contributed by atoms with E-state index >= 15 is 0 Å². The number of methoxy groups -OCH3 is 1. The number of nitrogens with one attached hydrogen (secondary N) is 2. The molecule has 0 atom stereocenters. The van der Waals surface area contributed by atoms with Gasteiger partial charge in [-0.1, -0.05) is 72.3 Å². The maximum absolute atomic E-state index is 11.8. The fourth-order valence-corrected chi connectivity index (χ4v) is 8.42. The predicted molar refractivity (Wildman–Crippen MR) is 268 cm³/mol. The average Bonchev–Trinajstić information content (AvgIpc) is 4.27. The molecule has 0 unspecified atom stereocenters. The molecule has 12 heteroatoms. The smallest absolute Gasteiger partial charge is 0.339 e. The van der Waals surface area contributed by atoms with E-state index in [-0.39, 0.29) is 11.1 Å². The van der Waals surface area contributed by atoms with Gasteiger partial charge in [0, 0.05) is 82.6 Å². The number of nitrogens with zero attached hydrogens (tertiary/aromatic N) is 4. The second kappa shape index (κ2) is 20.9. The number of aromatic carboxylic acids is 2. The van der Waals surface area contributed by atoms with Crippen LogP contribution in [-0.4, -0.2) is 55.0 Å². The molecule has 0 aliphatic heterocycles. The lowest BCUT2D eigenvalue weighted by molar-refractivity contribution is 0.0686. The molecule has 11 nitrogen and oxygen atoms in total. The Balaban J connectivity index is 0.000000174. The summed E-state index contributed by atoms with van der Waals surface area (Å²) in [5.74, 6) is -0.268. The molecule has 2 aliphatic rings. The van der Waals surface area contributed by atoms with Crippen LogP contribution in [0.3, 0.4) is 0 Å². The molecule has 0 bridgehead atoms. The number of carbonyl (C=O) groups is 2. The minimum Gasteiger partial charge on any atom is -0.478 e. The van der Waals surface area contributed by atoms with Crippen molar-refractivity contribution in [2.75, 3.05) is 24.4 Å². The zero-order chi connectivity index (χ0) is 46.2. The van der Waals surface area contributed by atoms with Crippen LogP contribution in [-0.2, 0) is 17.8 Å². The number of anilines is 4. The predicted octanol–water partition coefficient (Wildman–Crippen LogP) is 13.3. The first kappa shape index (κ1) is 45.5. The van der Waals surface area contributed by atoms with Crippen molar-refractivity contribution in [3.63, 3.8) is 0 Å². The third-order valence-corrected chi connectivity index (χ3v) is 12.1. The van der Waals surface area contributed by atoms with E-state index < -0.39 is 11.9 Å². The molecule has 2 saturated carbocycles. The van der Waals surface area contributed by atoms with Gasteiger partial charge in [0.15, 0.2) is 0 Å². The Kier molecular flexibility index (Phi) is 14.4. The normalized spacial score (nSPS) is 13.2. The van der Waals surface area contributed by atoms with Crippen LogP contribution in [0.15, 0.2) is 145 Å². The second-order valence-corrected chi connectivity index (χ2v) is 17.3. The molecule has 0 saturated heterocycles. The minimum absolute atomic E-state index is 0.210. The van der Waals surface area contributed by atoms with Crippen LogP contribution in [0.2, 0.25) is 0 Å². The summed E-state index contributed by atoms with van der Waals surface area (Å²) in [6.45, 7) is 6.13. The van der Waals surface area contributed by atoms with E-state index in [0.717, 1.165) is 93.1 Å². The van der Waals surface area contributed by atoms with Crippen LogP contribution in [0.5, 0.6) is 0 Å². The van der Waals surface area contributed by atoms with Gasteiger partial charge in [-0.25, -0.2) is 19.6 Å². The fraction of sp³-hybridized carbons (Fsp3) is 0.222. The standard InChI is InChI=1S/C28H27N3O3.C24H20BrN3O2.C2H6/c1-34-13-3-6-19-4-2-5-20(14-19)18-31-12-11-22-15-24(9-10-26(22)31)30-27-25(28(32)33)16-23(17-29-27)21-7-8-21;25-19-3-1-2-15(10-19)14-28-9-8-17-11-20(6-7-22(17)28)27-23-21(24(29)30)12-18(13-26-23)16-4-5-16;1-2/h2-6,9-12,14-17,21H,7-8,13,18H2,1H3,(H,29,30)(H,32,33);1-3,6-13,16H,4-5,14H2,(H,26,27)(H,29,30);1-2H3/b6-3+;;. The number of hydrogen-bond acceptors (Lipinski definition) is 7. The summed E-state index contributed by atoms with van der Waals surface area (Å²) in [6, 6.07) is 36.5. The van der Waals surface area contributed by atoms with Crippen molar-refractivity contribution < 1.29 is 24.5 Å². The highest BCUT2D eigenvalue weighted by Crippen LogP contribution is 2.42. The number of pyridine rings is 2. The van der Waals surface area contributed by atoms with Crippen molar-refractivity contribution >= 4 is 78.8 Å². The average molecular weight is 946 g/mol. The molecule has 4 aromatic heterocycles. The van der Waals surface area contributed by atoms with Crippen LogP contribution in [0.4, 0.5) is 23.0 Å². The van der Waals surface area contributed by atoms with E-state index in [9.17, 15) is 19.8 Å². The maximum atomic E-state index is 11.8. The quantitative estimate of drug-likeness (QED) is 0.0790. The Morgan fingerprint density at radius 1 is 0.682 bits per heavy atom. The summed E-state index contributed by atoms with van der Waals surface area (Å²) in [6.07, 6.45) is 16.2. The van der Waals surface area contributed by atoms with Crippen LogP contribution >= 0.6 is 15.9 Å². The lowest BCUT2D eigenvalue weighted by atomic mass is 10.1. The van der Waals surface area contributed by atoms with E-state index in [2.05, 4.69) is 125 Å². The molecular weight excluding hydrogens is 893 g/mol. The third kappa shape index (κ3) is 11.3. The minimum atomic E-state index is -0.968. The fourth-order valence-electron chi connectivity index (χ4n) is 7.98. The summed E-state index contributed by atoms with van der Waals surface area (Å²) in [5.41, 5.74) is 9.88. The van der Waals surface area contributed by atoms with Gasteiger partial charge in [0.05, 0.1) is 6.61 Å². The zero-order valence-corrected chi connectivity index (χ0v) is 38.8. The van der Waals surface area contributed by atoms with Crippen molar-refractivity contribution in [3.8, 4) is 0 Å². The number of aromatic nitrogens is 4. The summed E-state index contributed by atoms with van der Waals surface area (Å²) >= 11 is 3.52. The van der Waals surface area contributed by atoms with Gasteiger partial charge in [0.25, 0.3) is 0 Å². The molecule has 4 aromatic carbocycles. The Hall–Kier alpha value is -7.02. The highest BCUT2D eigenvalue weighted by molar-refractivity contribution is 9.10. The van der Waals surface area contributed by atoms with Crippen molar-refractivity contribution in [1.29, 1.82) is 0 Å². The van der Waals surface area contributed by atoms with Gasteiger partial charge in [-0.3, -0.25) is 0 Å². The molecule has 336 valence electrons. The number of ether oxygens (including phenoxy) is 1. The number of carboxylic acids is 2. The summed E-state index contributed by atoms with van der Waals surface area (Å²) < 4.78 is 10.6. The van der Waals surface area contributed by atoms with Gasteiger partial charge in [0.2, 0.25) is 0 Å². The Morgan fingerprint density at radius 2 is 1.18 bits per heavy atom. The molecule has 66 heavy (non-hydrogen) atoms. The molecule has 0 amide bonds. The van der Waals surface area contributed by atoms with Gasteiger partial charge in [-0.15, -0.1) is 0 Å². The molecule has 0 spiro atoms. The van der Waals surface area contributed by atoms with Gasteiger partial charge in [-0.05, 0) is 144 Å². The SMILES string of the molecule is CC.COC/C=C/c1cccc(Cn2ccc3cc(Nc4ncc(C5CC5)cc4C(=O)O)ccc32)c1.O=C(O)c1cc(C2CC2)cnc1Nc1ccc2c(ccn2Cc2cccc(Br)c2)c1. The number of hydrogen-bond donors (Lipinski definition) is 4. The second-order valence-electron chi connectivity index (χ2n) is 16.4. The molecule has 10 rings (SSSR count). The highest BCUT2D eigenvalue weighted by Gasteiger charge is 2.27. The Bertz CT molecular complexity index is 3040. The summed E-state index contributed by atoms with van der Waals surface area (Å²) in [5, 5.41) is 27.8. The van der Waals surface area contributed by atoms with Crippen LogP contribution < -0.4 is 10.6 Å². The molecule has 2 aliphatic carbocycles. The Morgan fingerprint density at radius 3 is 1.65 bits per heavy atom. The lowest BCUT2D eigenvalue weighted by Crippen LogP contribution is -2.06. The first-order chi connectivity index (χ1) is 32.2. The van der Waals surface area contributed by atoms with Crippen molar-refractivity contribution in [2.24, 2.45) is 0 Å². The van der Waals surface area contributed by atoms with Crippen LogP contribution in [0, 0.1) is 0 Å². The lowest BCUT2D eigenvalue weighted by Gasteiger charge is -2.11. The molecular formula is C54H53BrN6O5. The third-order valence-electron chi connectivity index (χ3n) is 11.6. The zero-order valence-electron chi connectivity index (χ0n) is 37.2. The molecule has 8 aromatic rings. The van der Waals surface area contributed by atoms with Gasteiger partial charge >= 0.3 is 11.9 Å². The highest BCUT2D eigenvalue weighted by atomic mass is 79.9. The molecule has 4 heterocycles. The maximum Gasteiger partial charge on any atom is 0.339 e. The van der Waals surface area contributed by atoms with E-state index in [4.69, 9.17) is 4.74 Å². The van der Waals surface area contributed by atoms with Gasteiger partial charge in [-0.2, -0.15) is 0 Å². The first-order valence-corrected chi connectivity index (χ1v) is 23.1. The summed E-state index contributed by atoms with van der Waals surface area (Å²) in [7, 11) is 1.69. The molecule has 4 N–H and O–H groups in total. The van der Waals surface area contributed by atoms with E-state index in [1.54, 1.807) is 31.6 Å². The van der Waals surface area contributed by atoms with Crippen LogP contribution in [0.1, 0.15) is 99.9 Å². The largest absolute Gasteiger partial charge is 0.478 e. The van der Waals surface area contributed by atoms with Crippen LogP contribution in [0.25, 0.3) is 27.9 Å². The van der Waals surface area contributed by atoms with Crippen molar-refractivity contribution in [2.45, 2.75) is 64.5 Å². The van der Waals surface area contributed by atoms with Gasteiger partial charge < -0.3 is 34.7 Å². The number of carboxylic acid groups (broad SMARTS) is 2. The summed E-state index contributed by atoms with van der Waals surface area (Å²) in [4.78, 5) is 32.4. The van der Waals surface area contributed by atoms with E-state index in [1.807, 2.05) is 56.3 Å². The monoisotopic (exact) mass is 944 g/mol. The Labute approximate surface area is 392 Å². The number of fused-ring (bicyclic) bond motifs is 2. The van der Waals surface area contributed by atoms with Crippen molar-refractivity contribution in [3.05, 3.63) is 183 Å². The number of rotatable bonds is 15. The number of benzene rings is 4.